The molecule has 3 heterocycles. The third-order valence-electron chi connectivity index (χ3n) is 4.52. The van der Waals surface area contributed by atoms with E-state index in [1.54, 1.807) is 0 Å². The molecule has 2 amide bonds. The maximum atomic E-state index is 12.7. The summed E-state index contributed by atoms with van der Waals surface area (Å²) in [5, 5.41) is 14.3. The SMILES string of the molecule is Nc1ccnc(SC2=C(C(=O)[O-])N3C(=O)C(NC(=O)Cc4ccccc4)[C@H]3SC2)n1.[Na+]. The van der Waals surface area contributed by atoms with Crippen molar-refractivity contribution in [2.75, 3.05) is 11.5 Å². The Morgan fingerprint density at radius 2 is 2.03 bits per heavy atom. The zero-order chi connectivity index (χ0) is 21.3. The topological polar surface area (TPSA) is 141 Å². The van der Waals surface area contributed by atoms with Crippen LogP contribution in [-0.2, 0) is 20.8 Å². The molecule has 0 bridgehead atoms. The van der Waals surface area contributed by atoms with Crippen molar-refractivity contribution in [2.24, 2.45) is 0 Å². The fourth-order valence-corrected chi connectivity index (χ4v) is 5.58. The van der Waals surface area contributed by atoms with Gasteiger partial charge >= 0.3 is 29.6 Å². The minimum Gasteiger partial charge on any atom is -0.543 e. The van der Waals surface area contributed by atoms with Crippen molar-refractivity contribution in [1.29, 1.82) is 0 Å². The van der Waals surface area contributed by atoms with E-state index in [1.165, 1.54) is 24.0 Å². The number of carbonyl (C=O) groups is 3. The predicted octanol–water partition coefficient (Wildman–Crippen LogP) is -3.24. The van der Waals surface area contributed by atoms with E-state index in [4.69, 9.17) is 5.73 Å². The van der Waals surface area contributed by atoms with Gasteiger partial charge in [0.2, 0.25) is 5.91 Å². The van der Waals surface area contributed by atoms with E-state index in [-0.39, 0.29) is 58.6 Å². The number of rotatable bonds is 6. The number of carbonyl (C=O) groups excluding carboxylic acids is 3. The number of β-lactam (4-membered cyclic amide) rings is 1. The summed E-state index contributed by atoms with van der Waals surface area (Å²) in [6.45, 7) is 0. The van der Waals surface area contributed by atoms with Crippen LogP contribution < -0.4 is 45.7 Å². The van der Waals surface area contributed by atoms with Crippen molar-refractivity contribution < 1.29 is 49.0 Å². The molecule has 31 heavy (non-hydrogen) atoms. The first-order chi connectivity index (χ1) is 14.4. The minimum absolute atomic E-state index is 0. The quantitative estimate of drug-likeness (QED) is 0.256. The van der Waals surface area contributed by atoms with Crippen LogP contribution in [0.3, 0.4) is 0 Å². The molecule has 0 spiro atoms. The molecule has 154 valence electrons. The summed E-state index contributed by atoms with van der Waals surface area (Å²) in [7, 11) is 0. The minimum atomic E-state index is -1.46. The Morgan fingerprint density at radius 1 is 1.29 bits per heavy atom. The Bertz CT molecular complexity index is 1050. The number of hydrogen-bond acceptors (Lipinski definition) is 9. The molecule has 1 fully saturated rings. The maximum Gasteiger partial charge on any atom is 1.00 e. The molecule has 4 rings (SSSR count). The van der Waals surface area contributed by atoms with Crippen LogP contribution in [0.5, 0.6) is 0 Å². The number of nitrogen functional groups attached to an aromatic ring is 1. The molecule has 1 aromatic heterocycles. The summed E-state index contributed by atoms with van der Waals surface area (Å²) >= 11 is 2.39. The molecule has 3 N–H and O–H groups in total. The van der Waals surface area contributed by atoms with Crippen LogP contribution in [0.1, 0.15) is 5.56 Å². The van der Waals surface area contributed by atoms with Crippen molar-refractivity contribution in [3.05, 3.63) is 58.8 Å². The van der Waals surface area contributed by atoms with Gasteiger partial charge in [-0.05, 0) is 11.6 Å². The van der Waals surface area contributed by atoms with E-state index in [0.29, 0.717) is 10.7 Å². The number of carboxylic acid groups (broad SMARTS) is 1. The van der Waals surface area contributed by atoms with E-state index in [0.717, 1.165) is 22.2 Å². The molecule has 0 radical (unpaired) electrons. The van der Waals surface area contributed by atoms with Crippen LogP contribution in [0.4, 0.5) is 5.82 Å². The van der Waals surface area contributed by atoms with Crippen LogP contribution in [0.25, 0.3) is 0 Å². The van der Waals surface area contributed by atoms with Crippen molar-refractivity contribution in [1.82, 2.24) is 20.2 Å². The number of fused-ring (bicyclic) bond motifs is 1. The van der Waals surface area contributed by atoms with E-state index < -0.39 is 23.3 Å². The molecular formula is C19H16N5NaO4S2. The van der Waals surface area contributed by atoms with Crippen molar-refractivity contribution in [2.45, 2.75) is 23.0 Å². The average molecular weight is 465 g/mol. The standard InChI is InChI=1S/C19H17N5O4S2.Na/c20-12-6-7-21-19(22-12)30-11-9-29-17-14(16(26)24(17)15(11)18(27)28)23-13(25)8-10-4-2-1-3-5-10;/h1-7,14,17H,8-9H2,(H,23,25)(H,27,28)(H2,20,21,22);/q;+1/p-1/t14?,17-;/m1./s1. The largest absolute Gasteiger partial charge is 1.00 e. The molecule has 0 saturated carbocycles. The molecular weight excluding hydrogens is 449 g/mol. The van der Waals surface area contributed by atoms with Gasteiger partial charge in [0, 0.05) is 16.9 Å². The number of aromatic nitrogens is 2. The van der Waals surface area contributed by atoms with Crippen LogP contribution in [0.15, 0.2) is 58.4 Å². The molecule has 1 saturated heterocycles. The fraction of sp³-hybridized carbons (Fsp3) is 0.211. The molecule has 1 aromatic carbocycles. The number of hydrogen-bond donors (Lipinski definition) is 2. The van der Waals surface area contributed by atoms with Gasteiger partial charge in [-0.1, -0.05) is 42.1 Å². The number of nitrogens with one attached hydrogen (secondary N) is 1. The summed E-state index contributed by atoms with van der Waals surface area (Å²) < 4.78 is 0. The Hall–Kier alpha value is -2.05. The number of thioether (sulfide) groups is 2. The van der Waals surface area contributed by atoms with Gasteiger partial charge in [-0.3, -0.25) is 14.5 Å². The van der Waals surface area contributed by atoms with Gasteiger partial charge in [-0.2, -0.15) is 0 Å². The van der Waals surface area contributed by atoms with Crippen molar-refractivity contribution in [3.63, 3.8) is 0 Å². The maximum absolute atomic E-state index is 12.7. The number of anilines is 1. The molecule has 9 nitrogen and oxygen atoms in total. The normalized spacial score (nSPS) is 19.7. The van der Waals surface area contributed by atoms with Gasteiger partial charge in [0.15, 0.2) is 5.16 Å². The summed E-state index contributed by atoms with van der Waals surface area (Å²) in [5.41, 5.74) is 6.25. The van der Waals surface area contributed by atoms with E-state index in [1.807, 2.05) is 30.3 Å². The van der Waals surface area contributed by atoms with E-state index in [2.05, 4.69) is 15.3 Å². The molecule has 12 heteroatoms. The second-order valence-corrected chi connectivity index (χ2v) is 8.71. The molecule has 2 aliphatic rings. The molecule has 2 aromatic rings. The third kappa shape index (κ3) is 5.07. The summed E-state index contributed by atoms with van der Waals surface area (Å²) in [5.74, 6) is -1.68. The number of nitrogens with zero attached hydrogens (tertiary/aromatic N) is 3. The average Bonchev–Trinajstić information content (AvgIpc) is 2.72. The van der Waals surface area contributed by atoms with Crippen molar-refractivity contribution in [3.8, 4) is 0 Å². The molecule has 0 aliphatic carbocycles. The Morgan fingerprint density at radius 3 is 2.71 bits per heavy atom. The molecule has 2 aliphatic heterocycles. The Kier molecular flexibility index (Phi) is 7.65. The molecule has 2 atom stereocenters. The van der Waals surface area contributed by atoms with Gasteiger partial charge < -0.3 is 21.0 Å². The van der Waals surface area contributed by atoms with Crippen LogP contribution in [-0.4, -0.2) is 49.8 Å². The van der Waals surface area contributed by atoms with Gasteiger partial charge in [0.25, 0.3) is 5.91 Å². The number of amides is 2. The van der Waals surface area contributed by atoms with E-state index in [9.17, 15) is 19.5 Å². The van der Waals surface area contributed by atoms with Gasteiger partial charge in [-0.15, -0.1) is 11.8 Å². The zero-order valence-corrected chi connectivity index (χ0v) is 20.1. The zero-order valence-electron chi connectivity index (χ0n) is 16.5. The number of carboxylic acids is 1. The fourth-order valence-electron chi connectivity index (χ4n) is 3.18. The monoisotopic (exact) mass is 465 g/mol. The first kappa shape index (κ1) is 23.6. The van der Waals surface area contributed by atoms with E-state index >= 15 is 0 Å². The summed E-state index contributed by atoms with van der Waals surface area (Å²) in [4.78, 5) is 46.4. The van der Waals surface area contributed by atoms with Crippen LogP contribution >= 0.6 is 23.5 Å². The van der Waals surface area contributed by atoms with Crippen LogP contribution in [0, 0.1) is 0 Å². The van der Waals surface area contributed by atoms with Crippen LogP contribution in [0.2, 0.25) is 0 Å². The first-order valence-electron chi connectivity index (χ1n) is 8.93. The number of benzene rings is 1. The summed E-state index contributed by atoms with van der Waals surface area (Å²) in [6, 6.07) is 9.89. The second-order valence-electron chi connectivity index (χ2n) is 6.54. The Labute approximate surface area is 208 Å². The Balaban J connectivity index is 0.00000272. The molecule has 1 unspecified atom stereocenters. The number of nitrogens with two attached hydrogens (primary N) is 1. The predicted molar refractivity (Wildman–Crippen MR) is 110 cm³/mol. The van der Waals surface area contributed by atoms with Crippen molar-refractivity contribution >= 4 is 47.1 Å². The summed E-state index contributed by atoms with van der Waals surface area (Å²) in [6.07, 6.45) is 1.61. The van der Waals surface area contributed by atoms with Gasteiger partial charge in [0.05, 0.1) is 18.1 Å². The van der Waals surface area contributed by atoms with Gasteiger partial charge in [0.1, 0.15) is 17.2 Å². The number of aliphatic carboxylic acids is 1. The third-order valence-corrected chi connectivity index (χ3v) is 6.95. The smallest absolute Gasteiger partial charge is 0.543 e. The van der Waals surface area contributed by atoms with Gasteiger partial charge in [-0.25, -0.2) is 9.97 Å². The second kappa shape index (κ2) is 10.0. The first-order valence-corrected chi connectivity index (χ1v) is 10.8.